The summed E-state index contributed by atoms with van der Waals surface area (Å²) in [5.41, 5.74) is 2.18. The minimum Gasteiger partial charge on any atom is -0.459 e. The number of fused-ring (bicyclic) bond motifs is 1. The van der Waals surface area contributed by atoms with Crippen molar-refractivity contribution in [3.05, 3.63) is 35.6 Å². The van der Waals surface area contributed by atoms with Gasteiger partial charge < -0.3 is 14.5 Å². The molecule has 0 amide bonds. The highest BCUT2D eigenvalue weighted by molar-refractivity contribution is 5.78. The van der Waals surface area contributed by atoms with Crippen LogP contribution in [0.25, 0.3) is 11.0 Å². The number of rotatable bonds is 5. The van der Waals surface area contributed by atoms with Crippen molar-refractivity contribution in [3.63, 3.8) is 0 Å². The van der Waals surface area contributed by atoms with Crippen molar-refractivity contribution in [3.8, 4) is 0 Å². The monoisotopic (exact) mass is 247 g/mol. The number of ether oxygens (including phenoxy) is 1. The molecule has 0 aliphatic rings. The lowest BCUT2D eigenvalue weighted by atomic mass is 10.1. The number of aryl methyl sites for hydroxylation is 1. The van der Waals surface area contributed by atoms with Gasteiger partial charge in [-0.3, -0.25) is 0 Å². The third kappa shape index (κ3) is 2.92. The molecule has 0 fully saturated rings. The Hall–Kier alpha value is -1.32. The Labute approximate surface area is 108 Å². The van der Waals surface area contributed by atoms with Crippen molar-refractivity contribution in [2.45, 2.75) is 32.9 Å². The maximum Gasteiger partial charge on any atom is 0.134 e. The number of furan rings is 1. The number of nitrogens with one attached hydrogen (secondary N) is 1. The van der Waals surface area contributed by atoms with E-state index in [0.717, 1.165) is 16.7 Å². The molecule has 1 atom stereocenters. The zero-order valence-corrected chi connectivity index (χ0v) is 11.5. The van der Waals surface area contributed by atoms with Gasteiger partial charge in [0.05, 0.1) is 18.8 Å². The van der Waals surface area contributed by atoms with Crippen molar-refractivity contribution < 1.29 is 9.15 Å². The summed E-state index contributed by atoms with van der Waals surface area (Å²) in [7, 11) is 1.92. The molecule has 1 aromatic carbocycles. The van der Waals surface area contributed by atoms with Crippen LogP contribution in [-0.2, 0) is 4.74 Å². The van der Waals surface area contributed by atoms with Gasteiger partial charge in [-0.2, -0.15) is 0 Å². The van der Waals surface area contributed by atoms with Gasteiger partial charge >= 0.3 is 0 Å². The fraction of sp³-hybridized carbons (Fsp3) is 0.467. The Kier molecular flexibility index (Phi) is 4.04. The Morgan fingerprint density at radius 2 is 2.06 bits per heavy atom. The van der Waals surface area contributed by atoms with E-state index in [1.54, 1.807) is 0 Å². The highest BCUT2D eigenvalue weighted by Crippen LogP contribution is 2.25. The predicted octanol–water partition coefficient (Wildman–Crippen LogP) is 3.43. The first-order valence-corrected chi connectivity index (χ1v) is 6.39. The van der Waals surface area contributed by atoms with E-state index in [0.29, 0.717) is 6.61 Å². The first-order chi connectivity index (χ1) is 8.60. The largest absolute Gasteiger partial charge is 0.459 e. The molecule has 0 saturated carbocycles. The summed E-state index contributed by atoms with van der Waals surface area (Å²) in [4.78, 5) is 0. The normalized spacial score (nSPS) is 13.4. The Morgan fingerprint density at radius 3 is 2.72 bits per heavy atom. The van der Waals surface area contributed by atoms with Crippen LogP contribution in [-0.4, -0.2) is 19.8 Å². The smallest absolute Gasteiger partial charge is 0.134 e. The molecule has 1 N–H and O–H groups in total. The minimum atomic E-state index is 0.0973. The van der Waals surface area contributed by atoms with E-state index in [2.05, 4.69) is 30.4 Å². The average molecular weight is 247 g/mol. The van der Waals surface area contributed by atoms with Gasteiger partial charge in [0.25, 0.3) is 0 Å². The molecule has 0 spiro atoms. The fourth-order valence-electron chi connectivity index (χ4n) is 1.95. The molecule has 2 rings (SSSR count). The highest BCUT2D eigenvalue weighted by Gasteiger charge is 2.15. The molecule has 1 unspecified atom stereocenters. The van der Waals surface area contributed by atoms with Gasteiger partial charge in [0, 0.05) is 5.39 Å². The van der Waals surface area contributed by atoms with E-state index in [1.165, 1.54) is 5.56 Å². The second-order valence-electron chi connectivity index (χ2n) is 4.91. The van der Waals surface area contributed by atoms with Gasteiger partial charge in [0.2, 0.25) is 0 Å². The van der Waals surface area contributed by atoms with E-state index in [-0.39, 0.29) is 12.1 Å². The van der Waals surface area contributed by atoms with Crippen molar-refractivity contribution in [2.24, 2.45) is 0 Å². The zero-order valence-electron chi connectivity index (χ0n) is 11.5. The number of likely N-dealkylation sites (N-methyl/N-ethyl adjacent to an activating group) is 1. The van der Waals surface area contributed by atoms with Crippen molar-refractivity contribution in [2.75, 3.05) is 13.7 Å². The second kappa shape index (κ2) is 5.55. The van der Waals surface area contributed by atoms with E-state index >= 15 is 0 Å². The van der Waals surface area contributed by atoms with Gasteiger partial charge in [-0.05, 0) is 46.0 Å². The molecule has 2 aromatic rings. The molecular formula is C15H21NO2. The second-order valence-corrected chi connectivity index (χ2v) is 4.91. The minimum absolute atomic E-state index is 0.0973. The summed E-state index contributed by atoms with van der Waals surface area (Å²) in [5.74, 6) is 0.929. The van der Waals surface area contributed by atoms with E-state index in [9.17, 15) is 0 Å². The third-order valence-corrected chi connectivity index (χ3v) is 2.98. The lowest BCUT2D eigenvalue weighted by Crippen LogP contribution is -2.23. The van der Waals surface area contributed by atoms with E-state index in [1.807, 2.05) is 27.0 Å². The van der Waals surface area contributed by atoms with Crippen LogP contribution < -0.4 is 5.32 Å². The van der Waals surface area contributed by atoms with Crippen molar-refractivity contribution in [1.29, 1.82) is 0 Å². The Bertz CT molecular complexity index is 516. The molecule has 0 saturated heterocycles. The molecule has 3 heteroatoms. The lowest BCUT2D eigenvalue weighted by molar-refractivity contribution is 0.0588. The molecule has 3 nitrogen and oxygen atoms in total. The summed E-state index contributed by atoms with van der Waals surface area (Å²) >= 11 is 0. The molecule has 0 bridgehead atoms. The van der Waals surface area contributed by atoms with Crippen molar-refractivity contribution >= 4 is 11.0 Å². The van der Waals surface area contributed by atoms with Gasteiger partial charge in [-0.1, -0.05) is 11.6 Å². The van der Waals surface area contributed by atoms with Crippen LogP contribution in [0.5, 0.6) is 0 Å². The quantitative estimate of drug-likeness (QED) is 0.879. The first-order valence-electron chi connectivity index (χ1n) is 6.39. The standard InChI is InChI=1S/C15H21NO2/c1-10(2)17-9-13(16-4)15-8-12-7-11(3)5-6-14(12)18-15/h5-8,10,13,16H,9H2,1-4H3. The topological polar surface area (TPSA) is 34.4 Å². The van der Waals surface area contributed by atoms with Crippen LogP contribution in [0.3, 0.4) is 0 Å². The molecule has 0 radical (unpaired) electrons. The number of benzene rings is 1. The predicted molar refractivity (Wildman–Crippen MR) is 73.8 cm³/mol. The number of hydrogen-bond donors (Lipinski definition) is 1. The maximum atomic E-state index is 5.87. The SMILES string of the molecule is CNC(COC(C)C)c1cc2cc(C)ccc2o1. The summed E-state index contributed by atoms with van der Waals surface area (Å²) in [6.45, 7) is 6.78. The van der Waals surface area contributed by atoms with Gasteiger partial charge in [0.15, 0.2) is 0 Å². The van der Waals surface area contributed by atoms with Crippen LogP contribution >= 0.6 is 0 Å². The maximum absolute atomic E-state index is 5.87. The van der Waals surface area contributed by atoms with Crippen LogP contribution in [0.4, 0.5) is 0 Å². The summed E-state index contributed by atoms with van der Waals surface area (Å²) in [5, 5.41) is 4.38. The number of hydrogen-bond acceptors (Lipinski definition) is 3. The van der Waals surface area contributed by atoms with Crippen molar-refractivity contribution in [1.82, 2.24) is 5.32 Å². The Morgan fingerprint density at radius 1 is 1.28 bits per heavy atom. The zero-order chi connectivity index (χ0) is 13.1. The molecule has 1 heterocycles. The van der Waals surface area contributed by atoms with Crippen LogP contribution in [0.1, 0.15) is 31.2 Å². The van der Waals surface area contributed by atoms with E-state index < -0.39 is 0 Å². The van der Waals surface area contributed by atoms with Gasteiger partial charge in [-0.15, -0.1) is 0 Å². The summed E-state index contributed by atoms with van der Waals surface area (Å²) in [6, 6.07) is 8.41. The van der Waals surface area contributed by atoms with Crippen LogP contribution in [0.15, 0.2) is 28.7 Å². The third-order valence-electron chi connectivity index (χ3n) is 2.98. The molecule has 98 valence electrons. The molecule has 0 aliphatic heterocycles. The lowest BCUT2D eigenvalue weighted by Gasteiger charge is -2.15. The Balaban J connectivity index is 2.22. The van der Waals surface area contributed by atoms with E-state index in [4.69, 9.17) is 9.15 Å². The average Bonchev–Trinajstić information content (AvgIpc) is 2.72. The molecule has 18 heavy (non-hydrogen) atoms. The van der Waals surface area contributed by atoms with Crippen LogP contribution in [0.2, 0.25) is 0 Å². The molecule has 1 aromatic heterocycles. The molecular weight excluding hydrogens is 226 g/mol. The van der Waals surface area contributed by atoms with Gasteiger partial charge in [-0.25, -0.2) is 0 Å². The van der Waals surface area contributed by atoms with Crippen LogP contribution in [0, 0.1) is 6.92 Å². The first kappa shape index (κ1) is 13.1. The highest BCUT2D eigenvalue weighted by atomic mass is 16.5. The molecule has 0 aliphatic carbocycles. The summed E-state index contributed by atoms with van der Waals surface area (Å²) in [6.07, 6.45) is 0.229. The van der Waals surface area contributed by atoms with Gasteiger partial charge in [0.1, 0.15) is 11.3 Å². The summed E-state index contributed by atoms with van der Waals surface area (Å²) < 4.78 is 11.5. The fourth-order valence-corrected chi connectivity index (χ4v) is 1.95.